The molecule has 2 heterocycles. The Morgan fingerprint density at radius 3 is 2.52 bits per heavy atom. The molecule has 0 radical (unpaired) electrons. The Hall–Kier alpha value is -3.64. The van der Waals surface area contributed by atoms with Crippen LogP contribution in [0.2, 0.25) is 0 Å². The number of amides is 1. The number of rotatable bonds is 7. The first-order valence-corrected chi connectivity index (χ1v) is 17.1. The molecule has 3 saturated carbocycles. The maximum Gasteiger partial charge on any atom is 0.226 e. The summed E-state index contributed by atoms with van der Waals surface area (Å²) in [5.74, 6) is 1.53. The monoisotopic (exact) mass is 584 g/mol. The number of anilines is 1. The van der Waals surface area contributed by atoms with E-state index in [-0.39, 0.29) is 29.2 Å². The molecule has 42 heavy (non-hydrogen) atoms. The summed E-state index contributed by atoms with van der Waals surface area (Å²) in [6, 6.07) is 18.7. The standard InChI is InChI=1S/C33H36N4O4S/c34-21-33(14-15-33)36-31(38)26-9-2-1-8-25(26)30-29(35-32(41-30)24-7-5-6-23(20-24)22-12-13-22)27-10-3-4-11-28(27)37-16-18-42(39,40)19-17-37/h3-7,10-11,20,22,25-26H,1-2,8-9,12-19H2,(H,36,38)/t25-,26-/m1/s1. The van der Waals surface area contributed by atoms with Gasteiger partial charge in [0.05, 0.1) is 17.6 Å². The Morgan fingerprint density at radius 2 is 1.79 bits per heavy atom. The summed E-state index contributed by atoms with van der Waals surface area (Å²) in [4.78, 5) is 20.9. The number of carbonyl (C=O) groups is 1. The lowest BCUT2D eigenvalue weighted by molar-refractivity contribution is -0.127. The molecule has 1 saturated heterocycles. The van der Waals surface area contributed by atoms with Crippen LogP contribution >= 0.6 is 0 Å². The van der Waals surface area contributed by atoms with Gasteiger partial charge in [-0.2, -0.15) is 5.26 Å². The first-order valence-electron chi connectivity index (χ1n) is 15.2. The lowest BCUT2D eigenvalue weighted by atomic mass is 9.76. The number of aromatic nitrogens is 1. The van der Waals surface area contributed by atoms with Crippen LogP contribution < -0.4 is 10.2 Å². The van der Waals surface area contributed by atoms with Crippen LogP contribution in [0.15, 0.2) is 52.9 Å². The van der Waals surface area contributed by atoms with Crippen molar-refractivity contribution in [2.24, 2.45) is 5.92 Å². The number of hydrogen-bond acceptors (Lipinski definition) is 7. The van der Waals surface area contributed by atoms with E-state index in [2.05, 4.69) is 34.5 Å². The summed E-state index contributed by atoms with van der Waals surface area (Å²) >= 11 is 0. The van der Waals surface area contributed by atoms with E-state index < -0.39 is 15.4 Å². The van der Waals surface area contributed by atoms with Gasteiger partial charge in [-0.1, -0.05) is 43.2 Å². The van der Waals surface area contributed by atoms with Gasteiger partial charge in [-0.05, 0) is 68.2 Å². The third-order valence-corrected chi connectivity index (χ3v) is 11.1. The molecule has 1 N–H and O–H groups in total. The van der Waals surface area contributed by atoms with E-state index in [9.17, 15) is 18.5 Å². The van der Waals surface area contributed by atoms with Gasteiger partial charge >= 0.3 is 0 Å². The molecule has 218 valence electrons. The summed E-state index contributed by atoms with van der Waals surface area (Å²) < 4.78 is 31.1. The van der Waals surface area contributed by atoms with E-state index in [1.54, 1.807) is 0 Å². The van der Waals surface area contributed by atoms with E-state index in [0.717, 1.165) is 48.2 Å². The second kappa shape index (κ2) is 10.6. The zero-order valence-electron chi connectivity index (χ0n) is 23.7. The van der Waals surface area contributed by atoms with Gasteiger partial charge in [0.25, 0.3) is 0 Å². The van der Waals surface area contributed by atoms with Crippen LogP contribution in [0, 0.1) is 17.2 Å². The van der Waals surface area contributed by atoms with Crippen LogP contribution in [0.3, 0.4) is 0 Å². The van der Waals surface area contributed by atoms with Crippen LogP contribution in [0.5, 0.6) is 0 Å². The van der Waals surface area contributed by atoms with E-state index in [0.29, 0.717) is 43.5 Å². The van der Waals surface area contributed by atoms with Crippen molar-refractivity contribution in [1.29, 1.82) is 5.26 Å². The van der Waals surface area contributed by atoms with Crippen molar-refractivity contribution in [1.82, 2.24) is 10.3 Å². The summed E-state index contributed by atoms with van der Waals surface area (Å²) in [5, 5.41) is 12.7. The third kappa shape index (κ3) is 5.33. The number of oxazole rings is 1. The average molecular weight is 585 g/mol. The highest BCUT2D eigenvalue weighted by Crippen LogP contribution is 2.47. The van der Waals surface area contributed by atoms with Crippen LogP contribution in [-0.2, 0) is 14.6 Å². The molecule has 4 aliphatic rings. The molecule has 2 aromatic carbocycles. The normalized spacial score (nSPS) is 24.5. The van der Waals surface area contributed by atoms with Crippen molar-refractivity contribution >= 4 is 21.4 Å². The maximum atomic E-state index is 13.6. The number of para-hydroxylation sites is 1. The summed E-state index contributed by atoms with van der Waals surface area (Å²) in [5.41, 5.74) is 4.03. The van der Waals surface area contributed by atoms with Crippen molar-refractivity contribution in [2.45, 2.75) is 68.7 Å². The number of nitrogens with one attached hydrogen (secondary N) is 1. The molecule has 9 heteroatoms. The Balaban J connectivity index is 1.31. The number of sulfone groups is 1. The smallest absolute Gasteiger partial charge is 0.226 e. The van der Waals surface area contributed by atoms with Gasteiger partial charge in [0, 0.05) is 41.7 Å². The van der Waals surface area contributed by atoms with Gasteiger partial charge in [0.15, 0.2) is 9.84 Å². The van der Waals surface area contributed by atoms with Crippen molar-refractivity contribution < 1.29 is 17.6 Å². The number of hydrogen-bond donors (Lipinski definition) is 1. The molecule has 1 aromatic heterocycles. The predicted molar refractivity (Wildman–Crippen MR) is 161 cm³/mol. The SMILES string of the molecule is N#CC1(NC(=O)[C@@H]2CCCC[C@H]2c2oc(-c3cccc(C4CC4)c3)nc2-c2ccccc2N2CCS(=O)(=O)CC2)CC1. The highest BCUT2D eigenvalue weighted by molar-refractivity contribution is 7.91. The summed E-state index contributed by atoms with van der Waals surface area (Å²) in [7, 11) is -3.04. The van der Waals surface area contributed by atoms with Crippen molar-refractivity contribution in [3.63, 3.8) is 0 Å². The van der Waals surface area contributed by atoms with Crippen LogP contribution in [-0.4, -0.2) is 49.4 Å². The molecule has 2 atom stereocenters. The third-order valence-electron chi connectivity index (χ3n) is 9.45. The molecule has 7 rings (SSSR count). The highest BCUT2D eigenvalue weighted by atomic mass is 32.2. The first-order chi connectivity index (χ1) is 20.3. The summed E-state index contributed by atoms with van der Waals surface area (Å²) in [6.45, 7) is 0.848. The van der Waals surface area contributed by atoms with E-state index >= 15 is 0 Å². The minimum absolute atomic E-state index is 0.0760. The van der Waals surface area contributed by atoms with E-state index in [1.165, 1.54) is 18.4 Å². The number of benzene rings is 2. The van der Waals surface area contributed by atoms with Gasteiger partial charge in [0.2, 0.25) is 11.8 Å². The van der Waals surface area contributed by atoms with Gasteiger partial charge in [0.1, 0.15) is 17.0 Å². The van der Waals surface area contributed by atoms with Crippen molar-refractivity contribution in [3.05, 3.63) is 59.9 Å². The maximum absolute atomic E-state index is 13.6. The fourth-order valence-corrected chi connectivity index (χ4v) is 7.82. The molecule has 0 spiro atoms. The molecule has 4 fully saturated rings. The largest absolute Gasteiger partial charge is 0.440 e. The first kappa shape index (κ1) is 27.2. The molecule has 3 aliphatic carbocycles. The lowest BCUT2D eigenvalue weighted by Gasteiger charge is -2.32. The predicted octanol–water partition coefficient (Wildman–Crippen LogP) is 5.57. The fraction of sp³-hybridized carbons (Fsp3) is 0.485. The molecule has 1 amide bonds. The van der Waals surface area contributed by atoms with E-state index in [1.807, 2.05) is 30.3 Å². The second-order valence-electron chi connectivity index (χ2n) is 12.5. The minimum Gasteiger partial charge on any atom is -0.440 e. The molecule has 3 aromatic rings. The zero-order valence-corrected chi connectivity index (χ0v) is 24.5. The highest BCUT2D eigenvalue weighted by Gasteiger charge is 2.47. The molecule has 1 aliphatic heterocycles. The lowest BCUT2D eigenvalue weighted by Crippen LogP contribution is -2.42. The zero-order chi connectivity index (χ0) is 28.9. The average Bonchev–Trinajstić information content (AvgIpc) is 3.95. The Labute approximate surface area is 247 Å². The molecule has 0 bridgehead atoms. The van der Waals surface area contributed by atoms with Crippen molar-refractivity contribution in [3.8, 4) is 28.8 Å². The van der Waals surface area contributed by atoms with Crippen LogP contribution in [0.1, 0.15) is 74.5 Å². The Bertz CT molecular complexity index is 1650. The van der Waals surface area contributed by atoms with Gasteiger partial charge in [-0.15, -0.1) is 0 Å². The van der Waals surface area contributed by atoms with Crippen LogP contribution in [0.4, 0.5) is 5.69 Å². The van der Waals surface area contributed by atoms with Gasteiger partial charge in [-0.3, -0.25) is 4.79 Å². The topological polar surface area (TPSA) is 116 Å². The Morgan fingerprint density at radius 1 is 1.02 bits per heavy atom. The Kier molecular flexibility index (Phi) is 6.85. The summed E-state index contributed by atoms with van der Waals surface area (Å²) in [6.07, 6.45) is 7.26. The number of nitrogens with zero attached hydrogens (tertiary/aromatic N) is 3. The fourth-order valence-electron chi connectivity index (χ4n) is 6.62. The van der Waals surface area contributed by atoms with Crippen LogP contribution in [0.25, 0.3) is 22.7 Å². The van der Waals surface area contributed by atoms with Gasteiger partial charge < -0.3 is 14.6 Å². The van der Waals surface area contributed by atoms with Gasteiger partial charge in [-0.25, -0.2) is 13.4 Å². The van der Waals surface area contributed by atoms with E-state index in [4.69, 9.17) is 9.40 Å². The molecular formula is C33H36N4O4S. The molecule has 8 nitrogen and oxygen atoms in total. The van der Waals surface area contributed by atoms with Crippen molar-refractivity contribution in [2.75, 3.05) is 29.5 Å². The molecular weight excluding hydrogens is 548 g/mol. The minimum atomic E-state index is -3.04. The number of carbonyl (C=O) groups excluding carboxylic acids is 1. The molecule has 0 unspecified atom stereocenters. The second-order valence-corrected chi connectivity index (χ2v) is 14.8. The number of nitriles is 1. The quantitative estimate of drug-likeness (QED) is 0.386.